The number of nitrogens with one attached hydrogen (secondary N) is 13. The van der Waals surface area contributed by atoms with Crippen LogP contribution in [0.25, 0.3) is 10.9 Å². The Morgan fingerprint density at radius 1 is 0.560 bits per heavy atom. The fourth-order valence-corrected chi connectivity index (χ4v) is 12.0. The first-order valence-corrected chi connectivity index (χ1v) is 37.6. The molecule has 13 amide bonds. The van der Waals surface area contributed by atoms with E-state index in [4.69, 9.17) is 17.2 Å². The van der Waals surface area contributed by atoms with Gasteiger partial charge in [0.1, 0.15) is 72.5 Å². The van der Waals surface area contributed by atoms with Gasteiger partial charge in [-0.25, -0.2) is 4.79 Å². The summed E-state index contributed by atoms with van der Waals surface area (Å²) in [6.07, 6.45) is 0.301. The molecule has 3 rings (SSSR count). The Labute approximate surface area is 636 Å². The van der Waals surface area contributed by atoms with Crippen LogP contribution in [0.15, 0.2) is 35.5 Å². The minimum atomic E-state index is -1.74. The Hall–Kier alpha value is -10.2. The van der Waals surface area contributed by atoms with Crippen LogP contribution >= 0.6 is 11.8 Å². The maximum absolute atomic E-state index is 14.8. The third-order valence-corrected chi connectivity index (χ3v) is 18.8. The molecule has 1 aromatic heterocycles. The molecule has 1 saturated heterocycles. The zero-order valence-electron chi connectivity index (χ0n) is 63.7. The standard InChI is InChI=1S/C70H112N18O20S/c1-13-36(8)55(66(104)82-47(30-40-31-75-43-19-15-14-18-41(40)43)63(101)85-54(35(6)7)68(106)88-28-17-21-48(88)69(107)108)86-61(99)44(20-16-27-74-70(72)73)81-60(98)45(22-24-50(91)92)79-58(96)38(10)78-65(103)53(34(4)5)83-62(100)46(23-25-51(93)94)80-57(95)37(9)77-49(90)32-76-64(102)52(33(2)3)84-67(105)56(39(11)89)87-59(97)42(71)26-29-109-12/h14-15,18-19,31,33-39,42,44-48,52-56,75,89H,13,16-17,20-30,32,71H2,1-12H3,(H,76,102)(H,77,90)(H,78,103)(H,79,96)(H,80,95)(H,81,98)(H,82,104)(H,83,100)(H,84,105)(H,85,101)(H,86,99)(H,87,97)(H,91,92)(H,93,94)(H,107,108)(H4,72,73,74)/t36-,37-,38-,39+,42-,44-,45-,46-,47-,48-,52-,53-,54-,55-,56-/m0/s1. The Kier molecular flexibility index (Phi) is 38.9. The van der Waals surface area contributed by atoms with E-state index in [2.05, 4.69) is 73.8 Å². The molecule has 0 spiro atoms. The van der Waals surface area contributed by atoms with Gasteiger partial charge in [0.05, 0.1) is 18.7 Å². The number of H-pyrrole nitrogens is 1. The van der Waals surface area contributed by atoms with Gasteiger partial charge in [0.15, 0.2) is 5.96 Å². The largest absolute Gasteiger partial charge is 0.481 e. The maximum atomic E-state index is 14.8. The number of aliphatic carboxylic acids is 3. The lowest BCUT2D eigenvalue weighted by molar-refractivity contribution is -0.150. The highest BCUT2D eigenvalue weighted by molar-refractivity contribution is 7.98. The van der Waals surface area contributed by atoms with Crippen molar-refractivity contribution in [2.75, 3.05) is 31.6 Å². The van der Waals surface area contributed by atoms with Gasteiger partial charge in [-0.3, -0.25) is 76.9 Å². The predicted octanol–water partition coefficient (Wildman–Crippen LogP) is -3.47. The number of para-hydroxylation sites is 1. The van der Waals surface area contributed by atoms with Gasteiger partial charge in [-0.15, -0.1) is 0 Å². The lowest BCUT2D eigenvalue weighted by atomic mass is 9.96. The van der Waals surface area contributed by atoms with E-state index in [0.29, 0.717) is 28.6 Å². The summed E-state index contributed by atoms with van der Waals surface area (Å²) >= 11 is 1.45. The van der Waals surface area contributed by atoms with Crippen LogP contribution in [0, 0.1) is 23.7 Å². The molecule has 1 fully saturated rings. The number of carboxylic acid groups (broad SMARTS) is 3. The number of aliphatic imine (C=N–C) groups is 1. The number of aromatic amines is 1. The molecule has 38 nitrogen and oxygen atoms in total. The number of nitrogens with zero attached hydrogens (tertiary/aromatic N) is 2. The topological polar surface area (TPSA) is 608 Å². The summed E-state index contributed by atoms with van der Waals surface area (Å²) in [5.41, 5.74) is 18.4. The molecule has 1 aliphatic heterocycles. The normalized spacial score (nSPS) is 16.6. The summed E-state index contributed by atoms with van der Waals surface area (Å²) in [6.45, 7) is 15.8. The van der Waals surface area contributed by atoms with Crippen LogP contribution in [0.4, 0.5) is 0 Å². The Morgan fingerprint density at radius 3 is 1.56 bits per heavy atom. The average molecular weight is 1560 g/mol. The molecule has 0 bridgehead atoms. The van der Waals surface area contributed by atoms with E-state index >= 15 is 0 Å². The van der Waals surface area contributed by atoms with Crippen LogP contribution < -0.4 is 81.0 Å². The van der Waals surface area contributed by atoms with E-state index in [-0.39, 0.29) is 57.6 Å². The number of likely N-dealkylation sites (tertiary alicyclic amines) is 1. The van der Waals surface area contributed by atoms with Crippen molar-refractivity contribution in [3.05, 3.63) is 36.0 Å². The number of hydrogen-bond acceptors (Lipinski definition) is 20. The van der Waals surface area contributed by atoms with Crippen molar-refractivity contribution < 1.29 is 97.1 Å². The smallest absolute Gasteiger partial charge is 0.326 e. The number of aromatic nitrogens is 1. The zero-order valence-corrected chi connectivity index (χ0v) is 64.6. The predicted molar refractivity (Wildman–Crippen MR) is 400 cm³/mol. The molecule has 1 aromatic carbocycles. The molecule has 0 radical (unpaired) electrons. The van der Waals surface area contributed by atoms with Crippen molar-refractivity contribution in [2.24, 2.45) is 45.9 Å². The molecule has 608 valence electrons. The molecule has 2 aromatic rings. The van der Waals surface area contributed by atoms with E-state index in [1.54, 1.807) is 72.0 Å². The highest BCUT2D eigenvalue weighted by atomic mass is 32.2. The van der Waals surface area contributed by atoms with Gasteiger partial charge in [-0.05, 0) is 113 Å². The maximum Gasteiger partial charge on any atom is 0.326 e. The monoisotopic (exact) mass is 1560 g/mol. The number of benzene rings is 1. The summed E-state index contributed by atoms with van der Waals surface area (Å²) in [6, 6.07) is -11.4. The first-order valence-electron chi connectivity index (χ1n) is 36.2. The van der Waals surface area contributed by atoms with E-state index in [9.17, 15) is 97.1 Å². The van der Waals surface area contributed by atoms with E-state index in [1.165, 1.54) is 51.3 Å². The van der Waals surface area contributed by atoms with Crippen LogP contribution in [0.1, 0.15) is 146 Å². The fourth-order valence-electron chi connectivity index (χ4n) is 11.5. The number of aliphatic hydroxyl groups excluding tert-OH is 1. The third kappa shape index (κ3) is 30.4. The van der Waals surface area contributed by atoms with Crippen molar-refractivity contribution >= 4 is 123 Å². The minimum absolute atomic E-state index is 0.0136. The van der Waals surface area contributed by atoms with Crippen molar-refractivity contribution in [3.63, 3.8) is 0 Å². The molecule has 39 heteroatoms. The number of guanidine groups is 1. The number of carbonyl (C=O) groups is 16. The number of aliphatic hydroxyl groups is 1. The highest BCUT2D eigenvalue weighted by Crippen LogP contribution is 2.23. The van der Waals surface area contributed by atoms with E-state index in [1.807, 2.05) is 6.26 Å². The fraction of sp³-hybridized carbons (Fsp3) is 0.643. The lowest BCUT2D eigenvalue weighted by Gasteiger charge is -2.31. The van der Waals surface area contributed by atoms with Gasteiger partial charge in [0, 0.05) is 49.5 Å². The van der Waals surface area contributed by atoms with Crippen LogP contribution in [-0.2, 0) is 83.1 Å². The number of carbonyl (C=O) groups excluding carboxylic acids is 13. The second kappa shape index (κ2) is 45.6. The van der Waals surface area contributed by atoms with Gasteiger partial charge in [0.25, 0.3) is 0 Å². The van der Waals surface area contributed by atoms with Gasteiger partial charge in [0.2, 0.25) is 76.8 Å². The van der Waals surface area contributed by atoms with Crippen molar-refractivity contribution in [1.29, 1.82) is 0 Å². The summed E-state index contributed by atoms with van der Waals surface area (Å²) in [7, 11) is 0. The first-order chi connectivity index (χ1) is 51.1. The minimum Gasteiger partial charge on any atom is -0.481 e. The van der Waals surface area contributed by atoms with Crippen LogP contribution in [-0.4, -0.2) is 247 Å². The Bertz CT molecular complexity index is 3550. The number of rotatable bonds is 47. The number of fused-ring (bicyclic) bond motifs is 1. The first kappa shape index (κ1) is 93.0. The number of thioether (sulfide) groups is 1. The van der Waals surface area contributed by atoms with Gasteiger partial charge in [-0.1, -0.05) is 80.0 Å². The van der Waals surface area contributed by atoms with E-state index < -0.39 is 235 Å². The number of hydrogen-bond donors (Lipinski definition) is 20. The summed E-state index contributed by atoms with van der Waals surface area (Å²) < 4.78 is 0. The van der Waals surface area contributed by atoms with Gasteiger partial charge in [-0.2, -0.15) is 11.8 Å². The lowest BCUT2D eigenvalue weighted by Crippen LogP contribution is -2.62. The molecule has 109 heavy (non-hydrogen) atoms. The summed E-state index contributed by atoms with van der Waals surface area (Å²) in [5, 5.41) is 70.2. The van der Waals surface area contributed by atoms with Gasteiger partial charge < -0.3 is 111 Å². The molecule has 1 aliphatic rings. The third-order valence-electron chi connectivity index (χ3n) is 18.2. The molecule has 0 saturated carbocycles. The molecule has 2 heterocycles. The summed E-state index contributed by atoms with van der Waals surface area (Å²) in [4.78, 5) is 225. The quantitative estimate of drug-likeness (QED) is 0.0174. The van der Waals surface area contributed by atoms with Crippen molar-refractivity contribution in [1.82, 2.24) is 73.7 Å². The Morgan fingerprint density at radius 2 is 1.03 bits per heavy atom. The number of carboxylic acids is 3. The van der Waals surface area contributed by atoms with E-state index in [0.717, 1.165) is 0 Å². The molecular formula is C70H112N18O20S. The summed E-state index contributed by atoms with van der Waals surface area (Å²) in [5.74, 6) is -18.4. The molecular weight excluding hydrogens is 1440 g/mol. The molecule has 0 unspecified atom stereocenters. The van der Waals surface area contributed by atoms with Gasteiger partial charge >= 0.3 is 17.9 Å². The second-order valence-electron chi connectivity index (χ2n) is 28.1. The molecule has 0 aliphatic carbocycles. The zero-order chi connectivity index (χ0) is 82.3. The van der Waals surface area contributed by atoms with Crippen LogP contribution in [0.3, 0.4) is 0 Å². The highest BCUT2D eigenvalue weighted by Gasteiger charge is 2.42. The van der Waals surface area contributed by atoms with Crippen molar-refractivity contribution in [3.8, 4) is 0 Å². The van der Waals surface area contributed by atoms with Crippen molar-refractivity contribution in [2.45, 2.75) is 231 Å². The Balaban J connectivity index is 1.83. The van der Waals surface area contributed by atoms with Crippen LogP contribution in [0.5, 0.6) is 0 Å². The number of nitrogens with two attached hydrogens (primary N) is 3. The number of amides is 13. The molecule has 15 atom stereocenters. The second-order valence-corrected chi connectivity index (χ2v) is 29.1. The SMILES string of the molecule is CC[C@H](C)[C@H](NC(=O)[C@H](CCCN=C(N)N)NC(=O)[C@H](CCC(=O)O)NC(=O)[C@H](C)NC(=O)[C@@H](NC(=O)[C@H](CCC(=O)O)NC(=O)[C@H](C)NC(=O)CNC(=O)[C@@H](NC(=O)[C@@H](NC(=O)[C@@H](N)CCSC)[C@@H](C)O)C(C)C)C(C)C)C(=O)N[C@@H](Cc1c[nH]c2ccccc12)C(=O)N[C@H](C(=O)N1CCC[C@H]1C(=O)O)C(C)C. The van der Waals surface area contributed by atoms with Crippen LogP contribution in [0.2, 0.25) is 0 Å². The average Bonchev–Trinajstić information content (AvgIpc) is 1.72. The molecule has 23 N–H and O–H groups in total.